The van der Waals surface area contributed by atoms with E-state index >= 15 is 0 Å². The maximum atomic E-state index is 0. The van der Waals surface area contributed by atoms with Gasteiger partial charge >= 0.3 is 41.2 Å². The van der Waals surface area contributed by atoms with Crippen molar-refractivity contribution in [2.45, 2.75) is 0 Å². The summed E-state index contributed by atoms with van der Waals surface area (Å²) in [7, 11) is 0. The monoisotopic (exact) mass is 287 g/mol. The van der Waals surface area contributed by atoms with Gasteiger partial charge in [-0.25, -0.2) is 0 Å². The Labute approximate surface area is 102 Å². The molecule has 0 nitrogen and oxygen atoms in total. The molecule has 0 aliphatic carbocycles. The van der Waals surface area contributed by atoms with Gasteiger partial charge in [-0.3, -0.25) is 0 Å². The van der Waals surface area contributed by atoms with E-state index in [0.29, 0.717) is 0 Å². The van der Waals surface area contributed by atoms with Crippen molar-refractivity contribution in [3.8, 4) is 0 Å². The Kier molecular flexibility index (Phi) is 953. The summed E-state index contributed by atoms with van der Waals surface area (Å²) in [6.07, 6.45) is 0. The summed E-state index contributed by atoms with van der Waals surface area (Å²) in [4.78, 5) is 0. The minimum absolute atomic E-state index is 0. The first-order valence-electron chi connectivity index (χ1n) is 0. The molecule has 0 aliphatic heterocycles. The second kappa shape index (κ2) is 68.6. The Morgan fingerprint density at radius 2 is 0.429 bits per heavy atom. The Balaban J connectivity index is 0. The molecule has 7 heavy (non-hydrogen) atoms. The minimum Gasteiger partial charge on any atom is -1.00 e. The Morgan fingerprint density at radius 1 is 0.429 bits per heavy atom. The van der Waals surface area contributed by atoms with Gasteiger partial charge < -0.3 is 62.0 Å². The summed E-state index contributed by atoms with van der Waals surface area (Å²) in [5.41, 5.74) is 0. The van der Waals surface area contributed by atoms with Crippen molar-refractivity contribution >= 4 is 0 Å². The summed E-state index contributed by atoms with van der Waals surface area (Å²) in [6.45, 7) is 0. The normalized spacial score (nSPS) is 0. The SMILES string of the molecule is [Cl-].[Cl-].[Cl-].[Cl-].[Cl-].[Ti+2].[Zn+2]. The van der Waals surface area contributed by atoms with Crippen LogP contribution in [0.1, 0.15) is 0 Å². The van der Waals surface area contributed by atoms with Crippen LogP contribution >= 0.6 is 0 Å². The van der Waals surface area contributed by atoms with Crippen LogP contribution in [-0.2, 0) is 41.2 Å². The molecule has 42 valence electrons. The third kappa shape index (κ3) is 52.1. The molecule has 0 saturated heterocycles. The molecule has 0 atom stereocenters. The molecule has 0 N–H and O–H groups in total. The summed E-state index contributed by atoms with van der Waals surface area (Å²) in [5, 5.41) is 0. The molecule has 0 aromatic heterocycles. The Bertz CT molecular complexity index is 8.04. The maximum Gasteiger partial charge on any atom is 2.00 e. The largest absolute Gasteiger partial charge is 2.00 e. The van der Waals surface area contributed by atoms with Crippen LogP contribution in [0.5, 0.6) is 0 Å². The van der Waals surface area contributed by atoms with Gasteiger partial charge in [-0.2, -0.15) is 0 Å². The molecule has 0 amide bonds. The topological polar surface area (TPSA) is 0 Å². The smallest absolute Gasteiger partial charge is 1.00 e. The van der Waals surface area contributed by atoms with Crippen LogP contribution in [-0.4, -0.2) is 0 Å². The Hall–Kier alpha value is 2.79. The molecule has 0 heterocycles. The quantitative estimate of drug-likeness (QED) is 0.389. The number of hydrogen-bond donors (Lipinski definition) is 0. The van der Waals surface area contributed by atoms with Gasteiger partial charge in [0, 0.05) is 0 Å². The van der Waals surface area contributed by atoms with E-state index in [0.717, 1.165) is 0 Å². The van der Waals surface area contributed by atoms with Crippen LogP contribution in [0, 0.1) is 0 Å². The number of rotatable bonds is 0. The van der Waals surface area contributed by atoms with Crippen LogP contribution in [0.25, 0.3) is 0 Å². The van der Waals surface area contributed by atoms with Crippen molar-refractivity contribution in [2.75, 3.05) is 0 Å². The zero-order chi connectivity index (χ0) is 0. The van der Waals surface area contributed by atoms with Crippen LogP contribution in [0.3, 0.4) is 0 Å². The molecule has 0 fully saturated rings. The van der Waals surface area contributed by atoms with Gasteiger partial charge in [0.05, 0.1) is 0 Å². The van der Waals surface area contributed by atoms with E-state index < -0.39 is 0 Å². The van der Waals surface area contributed by atoms with E-state index in [1.165, 1.54) is 0 Å². The molecule has 7 heteroatoms. The van der Waals surface area contributed by atoms with Gasteiger partial charge in [0.25, 0.3) is 0 Å². The summed E-state index contributed by atoms with van der Waals surface area (Å²) in [6, 6.07) is 0. The minimum atomic E-state index is 0. The van der Waals surface area contributed by atoms with Crippen molar-refractivity contribution in [1.29, 1.82) is 0 Å². The van der Waals surface area contributed by atoms with Crippen molar-refractivity contribution < 1.29 is 103 Å². The fourth-order valence-electron chi connectivity index (χ4n) is 0. The van der Waals surface area contributed by atoms with E-state index in [-0.39, 0.29) is 103 Å². The standard InChI is InChI=1S/5ClH.Ti.Zn/h5*1H;;/q;;;;;2*+2/p-5. The van der Waals surface area contributed by atoms with Gasteiger partial charge in [0.15, 0.2) is 0 Å². The van der Waals surface area contributed by atoms with E-state index in [9.17, 15) is 0 Å². The van der Waals surface area contributed by atoms with Gasteiger partial charge in [-0.05, 0) is 0 Å². The molecule has 0 radical (unpaired) electrons. The van der Waals surface area contributed by atoms with Crippen LogP contribution in [0.15, 0.2) is 0 Å². The molecule has 0 saturated carbocycles. The van der Waals surface area contributed by atoms with Gasteiger partial charge in [0.2, 0.25) is 0 Å². The zero-order valence-corrected chi connectivity index (χ0v) is 11.4. The van der Waals surface area contributed by atoms with Gasteiger partial charge in [0.1, 0.15) is 0 Å². The van der Waals surface area contributed by atoms with Crippen molar-refractivity contribution in [3.05, 3.63) is 0 Å². The fourth-order valence-corrected chi connectivity index (χ4v) is 0. The predicted octanol–water partition coefficient (Wildman–Crippen LogP) is -15.0. The maximum absolute atomic E-state index is 0. The third-order valence-corrected chi connectivity index (χ3v) is 0. The van der Waals surface area contributed by atoms with E-state index in [4.69, 9.17) is 0 Å². The summed E-state index contributed by atoms with van der Waals surface area (Å²) in [5.74, 6) is 0. The Morgan fingerprint density at radius 3 is 0.429 bits per heavy atom. The second-order valence-electron chi connectivity index (χ2n) is 0. The molecule has 0 rings (SSSR count). The molecule has 0 aromatic rings. The molecular weight excluding hydrogens is 291 g/mol. The first-order chi connectivity index (χ1) is 0. The molecule has 0 unspecified atom stereocenters. The van der Waals surface area contributed by atoms with Gasteiger partial charge in [-0.15, -0.1) is 0 Å². The van der Waals surface area contributed by atoms with Crippen molar-refractivity contribution in [2.24, 2.45) is 0 Å². The van der Waals surface area contributed by atoms with E-state index in [2.05, 4.69) is 0 Å². The van der Waals surface area contributed by atoms with Crippen molar-refractivity contribution in [1.82, 2.24) is 0 Å². The van der Waals surface area contributed by atoms with Crippen LogP contribution < -0.4 is 62.0 Å². The van der Waals surface area contributed by atoms with Gasteiger partial charge in [-0.1, -0.05) is 0 Å². The first kappa shape index (κ1) is 97.3. The second-order valence-corrected chi connectivity index (χ2v) is 0. The molecule has 0 bridgehead atoms. The van der Waals surface area contributed by atoms with E-state index in [1.807, 2.05) is 0 Å². The summed E-state index contributed by atoms with van der Waals surface area (Å²) >= 11 is 0. The van der Waals surface area contributed by atoms with E-state index in [1.54, 1.807) is 0 Å². The number of halogens is 5. The molecular formula is Cl5TiZn-. The average Bonchev–Trinajstić information content (AvgIpc) is 0. The molecule has 0 spiro atoms. The van der Waals surface area contributed by atoms with Crippen LogP contribution in [0.2, 0.25) is 0 Å². The fraction of sp³-hybridized carbons (Fsp3) is 0. The average molecular weight is 291 g/mol. The third-order valence-electron chi connectivity index (χ3n) is 0. The van der Waals surface area contributed by atoms with Crippen molar-refractivity contribution in [3.63, 3.8) is 0 Å². The predicted molar refractivity (Wildman–Crippen MR) is 0 cm³/mol. The first-order valence-corrected chi connectivity index (χ1v) is 0. The zero-order valence-electron chi connectivity index (χ0n) is 3.10. The summed E-state index contributed by atoms with van der Waals surface area (Å²) < 4.78 is 0. The molecule has 0 aliphatic rings. The molecule has 0 aromatic carbocycles. The number of hydrogen-bond acceptors (Lipinski definition) is 0. The van der Waals surface area contributed by atoms with Crippen LogP contribution in [0.4, 0.5) is 0 Å².